The first-order valence-corrected chi connectivity index (χ1v) is 12.0. The Morgan fingerprint density at radius 1 is 1.03 bits per heavy atom. The first-order chi connectivity index (χ1) is 18.1. The number of hydrogen-bond acceptors (Lipinski definition) is 7. The number of nitrogens with zero attached hydrogens (tertiary/aromatic N) is 3. The van der Waals surface area contributed by atoms with Crippen LogP contribution in [-0.4, -0.2) is 29.9 Å². The van der Waals surface area contributed by atoms with Gasteiger partial charge in [-0.25, -0.2) is 0 Å². The molecule has 9 nitrogen and oxygen atoms in total. The second-order valence-corrected chi connectivity index (χ2v) is 8.73. The highest BCUT2D eigenvalue weighted by molar-refractivity contribution is 6.04. The predicted molar refractivity (Wildman–Crippen MR) is 137 cm³/mol. The Bertz CT molecular complexity index is 1410. The number of benzene rings is 2. The number of rotatable bonds is 7. The van der Waals surface area contributed by atoms with Gasteiger partial charge >= 0.3 is 0 Å². The summed E-state index contributed by atoms with van der Waals surface area (Å²) in [5.74, 6) is 0.443. The molecule has 0 spiro atoms. The third-order valence-electron chi connectivity index (χ3n) is 6.33. The number of anilines is 2. The topological polar surface area (TPSA) is 124 Å². The molecule has 0 atom stereocenters. The number of amides is 2. The highest BCUT2D eigenvalue weighted by atomic mass is 16.4. The third-order valence-corrected chi connectivity index (χ3v) is 6.33. The van der Waals surface area contributed by atoms with E-state index >= 15 is 0 Å². The Kier molecular flexibility index (Phi) is 6.99. The van der Waals surface area contributed by atoms with E-state index in [1.54, 1.807) is 36.4 Å². The van der Waals surface area contributed by atoms with Gasteiger partial charge in [-0.05, 0) is 42.7 Å². The van der Waals surface area contributed by atoms with Crippen molar-refractivity contribution >= 4 is 23.4 Å². The monoisotopic (exact) mass is 495 g/mol. The summed E-state index contributed by atoms with van der Waals surface area (Å²) in [7, 11) is 0. The van der Waals surface area contributed by atoms with E-state index in [1.807, 2.05) is 35.2 Å². The van der Waals surface area contributed by atoms with Gasteiger partial charge in [-0.2, -0.15) is 10.2 Å². The van der Waals surface area contributed by atoms with Crippen molar-refractivity contribution in [2.24, 2.45) is 5.92 Å². The zero-order valence-corrected chi connectivity index (χ0v) is 20.0. The number of aromatic nitrogens is 1. The lowest BCUT2D eigenvalue weighted by atomic mass is 9.95. The van der Waals surface area contributed by atoms with Gasteiger partial charge in [0, 0.05) is 25.6 Å². The number of para-hydroxylation sites is 1. The van der Waals surface area contributed by atoms with Gasteiger partial charge in [0.2, 0.25) is 17.5 Å². The molecule has 0 aliphatic carbocycles. The summed E-state index contributed by atoms with van der Waals surface area (Å²) in [6.07, 6.45) is 2.64. The lowest BCUT2D eigenvalue weighted by Gasteiger charge is -2.31. The van der Waals surface area contributed by atoms with Crippen LogP contribution in [0, 0.1) is 17.2 Å². The summed E-state index contributed by atoms with van der Waals surface area (Å²) in [5, 5.41) is 15.4. The summed E-state index contributed by atoms with van der Waals surface area (Å²) in [6, 6.07) is 22.1. The molecule has 186 valence electrons. The molecule has 1 saturated heterocycles. The Labute approximate surface area is 213 Å². The molecule has 0 unspecified atom stereocenters. The number of nitriles is 1. The smallest absolute Gasteiger partial charge is 0.266 e. The minimum atomic E-state index is -0.253. The van der Waals surface area contributed by atoms with E-state index in [4.69, 9.17) is 8.83 Å². The van der Waals surface area contributed by atoms with E-state index in [1.165, 1.54) is 6.26 Å². The number of nitrogens with one attached hydrogen (secondary N) is 2. The zero-order valence-electron chi connectivity index (χ0n) is 20.0. The number of piperidine rings is 1. The lowest BCUT2D eigenvalue weighted by molar-refractivity contribution is -0.120. The largest absolute Gasteiger partial charge is 0.459 e. The second-order valence-electron chi connectivity index (χ2n) is 8.73. The van der Waals surface area contributed by atoms with Crippen LogP contribution in [0.5, 0.6) is 0 Å². The number of furan rings is 1. The number of oxazole rings is 1. The Morgan fingerprint density at radius 3 is 2.51 bits per heavy atom. The first-order valence-electron chi connectivity index (χ1n) is 12.0. The summed E-state index contributed by atoms with van der Waals surface area (Å²) in [5.41, 5.74) is 2.07. The van der Waals surface area contributed by atoms with Gasteiger partial charge in [0.15, 0.2) is 5.76 Å². The van der Waals surface area contributed by atoms with E-state index in [2.05, 4.69) is 21.7 Å². The first kappa shape index (κ1) is 23.9. The minimum Gasteiger partial charge on any atom is -0.459 e. The molecule has 5 rings (SSSR count). The van der Waals surface area contributed by atoms with Gasteiger partial charge in [0.25, 0.3) is 11.8 Å². The number of carbonyl (C=O) groups is 2. The maximum absolute atomic E-state index is 13.1. The van der Waals surface area contributed by atoms with E-state index in [-0.39, 0.29) is 29.3 Å². The van der Waals surface area contributed by atoms with E-state index in [0.29, 0.717) is 55.4 Å². The molecule has 2 N–H and O–H groups in total. The maximum Gasteiger partial charge on any atom is 0.266 e. The molecule has 0 saturated carbocycles. The van der Waals surface area contributed by atoms with Crippen molar-refractivity contribution in [3.8, 4) is 17.7 Å². The molecular weight excluding hydrogens is 470 g/mol. The fourth-order valence-corrected chi connectivity index (χ4v) is 4.35. The van der Waals surface area contributed by atoms with Crippen LogP contribution in [-0.2, 0) is 11.3 Å². The Balaban J connectivity index is 1.20. The minimum absolute atomic E-state index is 0.141. The zero-order chi connectivity index (χ0) is 25.6. The van der Waals surface area contributed by atoms with Gasteiger partial charge < -0.3 is 24.4 Å². The van der Waals surface area contributed by atoms with Crippen molar-refractivity contribution in [1.82, 2.24) is 10.3 Å². The van der Waals surface area contributed by atoms with Crippen LogP contribution >= 0.6 is 0 Å². The second kappa shape index (κ2) is 10.8. The molecule has 4 aromatic rings. The standard InChI is InChI=1S/C28H25N5O4/c29-17-23-28(37-27(32-23)24-11-6-16-36-24)33-14-12-20(13-15-33)25(34)31-22-10-5-4-9-21(22)26(35)30-18-19-7-2-1-3-8-19/h1-11,16,20H,12-15,18H2,(H,30,35)(H,31,34). The van der Waals surface area contributed by atoms with Crippen LogP contribution in [0.1, 0.15) is 34.5 Å². The van der Waals surface area contributed by atoms with Crippen molar-refractivity contribution in [3.05, 3.63) is 89.8 Å². The van der Waals surface area contributed by atoms with Crippen LogP contribution in [0.25, 0.3) is 11.7 Å². The van der Waals surface area contributed by atoms with Crippen molar-refractivity contribution in [3.63, 3.8) is 0 Å². The molecule has 0 bridgehead atoms. The van der Waals surface area contributed by atoms with Crippen molar-refractivity contribution in [2.45, 2.75) is 19.4 Å². The van der Waals surface area contributed by atoms with Crippen molar-refractivity contribution in [2.75, 3.05) is 23.3 Å². The average molecular weight is 496 g/mol. The quantitative estimate of drug-likeness (QED) is 0.384. The number of carbonyl (C=O) groups excluding carboxylic acids is 2. The molecule has 0 radical (unpaired) electrons. The molecule has 1 fully saturated rings. The fraction of sp³-hybridized carbons (Fsp3) is 0.214. The molecule has 3 heterocycles. The van der Waals surface area contributed by atoms with Gasteiger partial charge in [-0.15, -0.1) is 0 Å². The summed E-state index contributed by atoms with van der Waals surface area (Å²) in [4.78, 5) is 32.1. The highest BCUT2D eigenvalue weighted by Crippen LogP contribution is 2.31. The molecule has 9 heteroatoms. The maximum atomic E-state index is 13.1. The van der Waals surface area contributed by atoms with Gasteiger partial charge in [-0.3, -0.25) is 9.59 Å². The fourth-order valence-electron chi connectivity index (χ4n) is 4.35. The van der Waals surface area contributed by atoms with Crippen LogP contribution in [0.4, 0.5) is 11.6 Å². The Hall–Kier alpha value is -4.84. The number of hydrogen-bond donors (Lipinski definition) is 2. The van der Waals surface area contributed by atoms with Crippen LogP contribution in [0.15, 0.2) is 81.8 Å². The summed E-state index contributed by atoms with van der Waals surface area (Å²) < 4.78 is 11.2. The van der Waals surface area contributed by atoms with Crippen molar-refractivity contribution < 1.29 is 18.4 Å². The predicted octanol–water partition coefficient (Wildman–Crippen LogP) is 4.59. The average Bonchev–Trinajstić information content (AvgIpc) is 3.63. The van der Waals surface area contributed by atoms with E-state index < -0.39 is 0 Å². The molecule has 1 aliphatic rings. The summed E-state index contributed by atoms with van der Waals surface area (Å²) in [6.45, 7) is 1.45. The highest BCUT2D eigenvalue weighted by Gasteiger charge is 2.30. The lowest BCUT2D eigenvalue weighted by Crippen LogP contribution is -2.38. The molecule has 2 aromatic carbocycles. The molecular formula is C28H25N5O4. The van der Waals surface area contributed by atoms with Gasteiger partial charge in [0.05, 0.1) is 17.5 Å². The van der Waals surface area contributed by atoms with Crippen molar-refractivity contribution in [1.29, 1.82) is 5.26 Å². The van der Waals surface area contributed by atoms with Gasteiger partial charge in [0.1, 0.15) is 6.07 Å². The third kappa shape index (κ3) is 5.38. The van der Waals surface area contributed by atoms with Crippen LogP contribution in [0.3, 0.4) is 0 Å². The molecule has 1 aliphatic heterocycles. The van der Waals surface area contributed by atoms with Crippen LogP contribution in [0.2, 0.25) is 0 Å². The normalized spacial score (nSPS) is 13.6. The van der Waals surface area contributed by atoms with Crippen LogP contribution < -0.4 is 15.5 Å². The summed E-state index contributed by atoms with van der Waals surface area (Å²) >= 11 is 0. The van der Waals surface area contributed by atoms with E-state index in [9.17, 15) is 14.9 Å². The molecule has 2 aromatic heterocycles. The molecule has 2 amide bonds. The molecule has 37 heavy (non-hydrogen) atoms. The van der Waals surface area contributed by atoms with E-state index in [0.717, 1.165) is 5.56 Å². The van der Waals surface area contributed by atoms with Gasteiger partial charge in [-0.1, -0.05) is 42.5 Å². The Morgan fingerprint density at radius 2 is 1.78 bits per heavy atom. The SMILES string of the molecule is N#Cc1nc(-c2ccco2)oc1N1CCC(C(=O)Nc2ccccc2C(=O)NCc2ccccc2)CC1.